The van der Waals surface area contributed by atoms with Gasteiger partial charge in [0.15, 0.2) is 0 Å². The van der Waals surface area contributed by atoms with Crippen LogP contribution in [0.5, 0.6) is 0 Å². The average Bonchev–Trinajstić information content (AvgIpc) is 2.49. The molecule has 0 unspecified atom stereocenters. The Kier molecular flexibility index (Phi) is 16.0. The number of hydrogen-bond donors (Lipinski definition) is 1. The van der Waals surface area contributed by atoms with E-state index in [4.69, 9.17) is 0 Å². The molecule has 0 rings (SSSR count). The van der Waals surface area contributed by atoms with Gasteiger partial charge in [-0.25, -0.2) is 0 Å². The molecule has 0 spiro atoms. The number of carbonyl (C=O) groups is 1. The molecule has 0 aliphatic carbocycles. The fourth-order valence-electron chi connectivity index (χ4n) is 3.14. The van der Waals surface area contributed by atoms with E-state index in [1.807, 2.05) is 0 Å². The molecule has 0 radical (unpaired) electrons. The van der Waals surface area contributed by atoms with Crippen LogP contribution in [0.15, 0.2) is 0 Å². The van der Waals surface area contributed by atoms with Gasteiger partial charge in [-0.3, -0.25) is 4.79 Å². The molecular formula is C21H45NOSi. The normalized spacial score (nSPS) is 11.7. The van der Waals surface area contributed by atoms with Crippen LogP contribution in [0.1, 0.15) is 110 Å². The summed E-state index contributed by atoms with van der Waals surface area (Å²) >= 11 is 0. The second-order valence-corrected chi connectivity index (χ2v) is 13.2. The first-order chi connectivity index (χ1) is 11.5. The summed E-state index contributed by atoms with van der Waals surface area (Å²) in [6.07, 6.45) is 21.3. The van der Waals surface area contributed by atoms with Gasteiger partial charge >= 0.3 is 0 Å². The predicted molar refractivity (Wildman–Crippen MR) is 111 cm³/mol. The van der Waals surface area contributed by atoms with E-state index in [-0.39, 0.29) is 5.91 Å². The molecule has 0 atom stereocenters. The second kappa shape index (κ2) is 16.2. The third-order valence-electron chi connectivity index (χ3n) is 4.52. The standard InChI is InChI=1S/C21H45NOSi/c1-5-6-7-8-9-10-11-12-13-14-15-16-17-18-19-20-21(23)22-24(2,3)4/h5-20H2,1-4H3,(H,22,23). The van der Waals surface area contributed by atoms with Crippen molar-refractivity contribution in [1.82, 2.24) is 4.98 Å². The van der Waals surface area contributed by atoms with Crippen LogP contribution in [0.25, 0.3) is 0 Å². The van der Waals surface area contributed by atoms with Gasteiger partial charge in [-0.1, -0.05) is 116 Å². The van der Waals surface area contributed by atoms with Crippen molar-refractivity contribution in [3.05, 3.63) is 0 Å². The number of unbranched alkanes of at least 4 members (excludes halogenated alkanes) is 14. The van der Waals surface area contributed by atoms with Crippen LogP contribution >= 0.6 is 0 Å². The molecular weight excluding hydrogens is 310 g/mol. The molecule has 0 saturated heterocycles. The summed E-state index contributed by atoms with van der Waals surface area (Å²) in [4.78, 5) is 14.9. The van der Waals surface area contributed by atoms with Crippen LogP contribution in [0.4, 0.5) is 0 Å². The van der Waals surface area contributed by atoms with E-state index in [9.17, 15) is 4.79 Å². The van der Waals surface area contributed by atoms with E-state index in [2.05, 4.69) is 31.5 Å². The Morgan fingerprint density at radius 1 is 0.625 bits per heavy atom. The zero-order valence-electron chi connectivity index (χ0n) is 17.2. The van der Waals surface area contributed by atoms with Crippen LogP contribution in [-0.2, 0) is 4.79 Å². The summed E-state index contributed by atoms with van der Waals surface area (Å²) in [5.74, 6) is 0.267. The van der Waals surface area contributed by atoms with Gasteiger partial charge in [0.1, 0.15) is 8.24 Å². The lowest BCUT2D eigenvalue weighted by molar-refractivity contribution is -0.119. The summed E-state index contributed by atoms with van der Waals surface area (Å²) in [6.45, 7) is 8.82. The highest BCUT2D eigenvalue weighted by atomic mass is 28.3. The van der Waals surface area contributed by atoms with Crippen molar-refractivity contribution < 1.29 is 4.79 Å². The van der Waals surface area contributed by atoms with E-state index in [1.54, 1.807) is 0 Å². The van der Waals surface area contributed by atoms with E-state index in [0.717, 1.165) is 12.8 Å². The molecule has 144 valence electrons. The van der Waals surface area contributed by atoms with Crippen LogP contribution in [0, 0.1) is 0 Å². The van der Waals surface area contributed by atoms with E-state index in [0.29, 0.717) is 0 Å². The topological polar surface area (TPSA) is 29.1 Å². The fourth-order valence-corrected chi connectivity index (χ4v) is 4.10. The van der Waals surface area contributed by atoms with Gasteiger partial charge < -0.3 is 4.98 Å². The molecule has 0 heterocycles. The quantitative estimate of drug-likeness (QED) is 0.217. The fraction of sp³-hybridized carbons (Fsp3) is 0.952. The SMILES string of the molecule is CCCCCCCCCCCCCCCCCC(=O)N[Si](C)(C)C. The third-order valence-corrected chi connectivity index (χ3v) is 5.55. The largest absolute Gasteiger partial charge is 0.382 e. The molecule has 1 N–H and O–H groups in total. The molecule has 0 saturated carbocycles. The number of carbonyl (C=O) groups excluding carboxylic acids is 1. The maximum Gasteiger partial charge on any atom is 0.212 e. The smallest absolute Gasteiger partial charge is 0.212 e. The molecule has 24 heavy (non-hydrogen) atoms. The van der Waals surface area contributed by atoms with Gasteiger partial charge in [-0.2, -0.15) is 0 Å². The summed E-state index contributed by atoms with van der Waals surface area (Å²) in [7, 11) is -1.43. The summed E-state index contributed by atoms with van der Waals surface area (Å²) < 4.78 is 0. The monoisotopic (exact) mass is 355 g/mol. The minimum Gasteiger partial charge on any atom is -0.382 e. The van der Waals surface area contributed by atoms with E-state index >= 15 is 0 Å². The minimum atomic E-state index is -1.43. The van der Waals surface area contributed by atoms with Crippen molar-refractivity contribution in [2.24, 2.45) is 0 Å². The predicted octanol–water partition coefficient (Wildman–Crippen LogP) is 7.20. The van der Waals surface area contributed by atoms with Gasteiger partial charge in [-0.05, 0) is 6.42 Å². The maximum atomic E-state index is 11.7. The lowest BCUT2D eigenvalue weighted by atomic mass is 10.0. The number of amides is 1. The van der Waals surface area contributed by atoms with Crippen molar-refractivity contribution in [3.8, 4) is 0 Å². The van der Waals surface area contributed by atoms with Crippen LogP contribution in [0.2, 0.25) is 19.6 Å². The zero-order chi connectivity index (χ0) is 18.1. The highest BCUT2D eigenvalue weighted by Crippen LogP contribution is 2.13. The minimum absolute atomic E-state index is 0.267. The Morgan fingerprint density at radius 2 is 0.958 bits per heavy atom. The zero-order valence-corrected chi connectivity index (χ0v) is 18.2. The number of hydrogen-bond acceptors (Lipinski definition) is 1. The van der Waals surface area contributed by atoms with Crippen LogP contribution < -0.4 is 4.98 Å². The average molecular weight is 356 g/mol. The Labute approximate surface area is 153 Å². The molecule has 0 aromatic heterocycles. The molecule has 0 aliphatic rings. The van der Waals surface area contributed by atoms with Crippen molar-refractivity contribution in [2.75, 3.05) is 0 Å². The molecule has 0 aromatic rings. The molecule has 3 heteroatoms. The van der Waals surface area contributed by atoms with Crippen LogP contribution in [0.3, 0.4) is 0 Å². The second-order valence-electron chi connectivity index (χ2n) is 8.50. The lowest BCUT2D eigenvalue weighted by Crippen LogP contribution is -2.45. The van der Waals surface area contributed by atoms with E-state index in [1.165, 1.54) is 89.9 Å². The molecule has 1 amide bonds. The summed E-state index contributed by atoms with van der Waals surface area (Å²) in [5, 5.41) is 0. The first kappa shape index (κ1) is 23.7. The van der Waals surface area contributed by atoms with Gasteiger partial charge in [-0.15, -0.1) is 0 Å². The maximum absolute atomic E-state index is 11.7. The molecule has 0 fully saturated rings. The molecule has 0 bridgehead atoms. The Bertz CT molecular complexity index is 286. The molecule has 0 aromatic carbocycles. The van der Waals surface area contributed by atoms with E-state index < -0.39 is 8.24 Å². The van der Waals surface area contributed by atoms with Gasteiger partial charge in [0, 0.05) is 6.42 Å². The number of rotatable bonds is 17. The van der Waals surface area contributed by atoms with Crippen molar-refractivity contribution >= 4 is 14.1 Å². The highest BCUT2D eigenvalue weighted by Gasteiger charge is 2.15. The van der Waals surface area contributed by atoms with Crippen molar-refractivity contribution in [1.29, 1.82) is 0 Å². The Morgan fingerprint density at radius 3 is 1.29 bits per heavy atom. The summed E-state index contributed by atoms with van der Waals surface area (Å²) in [5.41, 5.74) is 0. The summed E-state index contributed by atoms with van der Waals surface area (Å²) in [6, 6.07) is 0. The van der Waals surface area contributed by atoms with Crippen molar-refractivity contribution in [2.45, 2.75) is 129 Å². The first-order valence-electron chi connectivity index (χ1n) is 10.8. The van der Waals surface area contributed by atoms with Gasteiger partial charge in [0.25, 0.3) is 0 Å². The first-order valence-corrected chi connectivity index (χ1v) is 14.3. The third kappa shape index (κ3) is 19.7. The molecule has 0 aliphatic heterocycles. The molecule has 2 nitrogen and oxygen atoms in total. The van der Waals surface area contributed by atoms with Gasteiger partial charge in [0.05, 0.1) is 0 Å². The van der Waals surface area contributed by atoms with Gasteiger partial charge in [0.2, 0.25) is 5.91 Å². The lowest BCUT2D eigenvalue weighted by Gasteiger charge is -2.17. The Hall–Kier alpha value is -0.313. The number of nitrogens with one attached hydrogen (secondary N) is 1. The van der Waals surface area contributed by atoms with Crippen LogP contribution in [-0.4, -0.2) is 14.1 Å². The van der Waals surface area contributed by atoms with Crippen molar-refractivity contribution in [3.63, 3.8) is 0 Å². The Balaban J connectivity index is 3.14. The highest BCUT2D eigenvalue weighted by molar-refractivity contribution is 6.75.